The molecule has 4 nitrogen and oxygen atoms in total. The minimum atomic E-state index is -0.389. The predicted octanol–water partition coefficient (Wildman–Crippen LogP) is 2.42. The number of carbonyl (C=O) groups excluding carboxylic acids is 1. The maximum atomic E-state index is 12.1. The zero-order valence-electron chi connectivity index (χ0n) is 11.1. The van der Waals surface area contributed by atoms with Gasteiger partial charge in [0.15, 0.2) is 5.78 Å². The second-order valence-electron chi connectivity index (χ2n) is 5.10. The molecular weight excluding hydrogens is 252 g/mol. The van der Waals surface area contributed by atoms with Gasteiger partial charge in [-0.05, 0) is 12.5 Å². The SMILES string of the molecule is Cc1ccc(C2C(C#N)=C(N)OC3=C2C(=O)CC3)cc1. The van der Waals surface area contributed by atoms with Gasteiger partial charge in [-0.25, -0.2) is 0 Å². The van der Waals surface area contributed by atoms with E-state index in [1.54, 1.807) is 0 Å². The monoisotopic (exact) mass is 266 g/mol. The van der Waals surface area contributed by atoms with Crippen LogP contribution in [0.1, 0.15) is 29.9 Å². The molecule has 0 saturated heterocycles. The summed E-state index contributed by atoms with van der Waals surface area (Å²) in [5, 5.41) is 9.35. The lowest BCUT2D eigenvalue weighted by Crippen LogP contribution is -2.21. The molecule has 2 N–H and O–H groups in total. The van der Waals surface area contributed by atoms with Crippen LogP contribution in [-0.4, -0.2) is 5.78 Å². The second kappa shape index (κ2) is 4.53. The fraction of sp³-hybridized carbons (Fsp3) is 0.250. The number of nitrogens with two attached hydrogens (primary N) is 1. The van der Waals surface area contributed by atoms with Crippen LogP contribution in [-0.2, 0) is 9.53 Å². The normalized spacial score (nSPS) is 21.6. The van der Waals surface area contributed by atoms with Gasteiger partial charge in [-0.15, -0.1) is 0 Å². The van der Waals surface area contributed by atoms with Crippen LogP contribution < -0.4 is 5.73 Å². The van der Waals surface area contributed by atoms with Crippen molar-refractivity contribution in [3.05, 3.63) is 58.2 Å². The van der Waals surface area contributed by atoms with Crippen molar-refractivity contribution in [2.75, 3.05) is 0 Å². The fourth-order valence-corrected chi connectivity index (χ4v) is 2.77. The van der Waals surface area contributed by atoms with Gasteiger partial charge >= 0.3 is 0 Å². The molecule has 0 fully saturated rings. The Morgan fingerprint density at radius 2 is 2.00 bits per heavy atom. The molecule has 2 aliphatic rings. The van der Waals surface area contributed by atoms with E-state index in [9.17, 15) is 10.1 Å². The zero-order chi connectivity index (χ0) is 14.3. The van der Waals surface area contributed by atoms with Gasteiger partial charge in [0.25, 0.3) is 0 Å². The minimum absolute atomic E-state index is 0.0471. The van der Waals surface area contributed by atoms with Gasteiger partial charge in [-0.2, -0.15) is 5.26 Å². The Kier molecular flexibility index (Phi) is 2.83. The molecule has 1 aromatic carbocycles. The van der Waals surface area contributed by atoms with Crippen LogP contribution in [0.25, 0.3) is 0 Å². The van der Waals surface area contributed by atoms with Crippen molar-refractivity contribution < 1.29 is 9.53 Å². The molecule has 100 valence electrons. The molecular formula is C16H14N2O2. The van der Waals surface area contributed by atoms with Gasteiger partial charge < -0.3 is 10.5 Å². The number of allylic oxidation sites excluding steroid dienone is 3. The summed E-state index contributed by atoms with van der Waals surface area (Å²) in [6.07, 6.45) is 0.995. The third-order valence-corrected chi connectivity index (χ3v) is 3.79. The molecule has 0 aromatic heterocycles. The lowest BCUT2D eigenvalue weighted by molar-refractivity contribution is -0.115. The Bertz CT molecular complexity index is 690. The zero-order valence-corrected chi connectivity index (χ0v) is 11.1. The van der Waals surface area contributed by atoms with E-state index in [4.69, 9.17) is 10.5 Å². The molecule has 0 radical (unpaired) electrons. The Balaban J connectivity index is 2.16. The third-order valence-electron chi connectivity index (χ3n) is 3.79. The van der Waals surface area contributed by atoms with Crippen molar-refractivity contribution in [1.82, 2.24) is 0 Å². The summed E-state index contributed by atoms with van der Waals surface area (Å²) in [6.45, 7) is 1.99. The molecule has 0 amide bonds. The second-order valence-corrected chi connectivity index (χ2v) is 5.10. The fourth-order valence-electron chi connectivity index (χ4n) is 2.77. The van der Waals surface area contributed by atoms with E-state index < -0.39 is 0 Å². The number of ketones is 1. The predicted molar refractivity (Wildman–Crippen MR) is 73.1 cm³/mol. The summed E-state index contributed by atoms with van der Waals surface area (Å²) in [4.78, 5) is 12.1. The molecule has 1 aromatic rings. The van der Waals surface area contributed by atoms with E-state index >= 15 is 0 Å². The lowest BCUT2D eigenvalue weighted by atomic mass is 9.82. The van der Waals surface area contributed by atoms with Gasteiger partial charge in [0.2, 0.25) is 5.88 Å². The molecule has 1 aliphatic carbocycles. The molecule has 1 aliphatic heterocycles. The van der Waals surface area contributed by atoms with Crippen molar-refractivity contribution in [3.8, 4) is 6.07 Å². The molecule has 4 heteroatoms. The number of benzene rings is 1. The first-order valence-corrected chi connectivity index (χ1v) is 6.52. The van der Waals surface area contributed by atoms with Gasteiger partial charge in [0, 0.05) is 18.4 Å². The van der Waals surface area contributed by atoms with Gasteiger partial charge in [0.05, 0.1) is 5.92 Å². The highest BCUT2D eigenvalue weighted by Crippen LogP contribution is 2.44. The highest BCUT2D eigenvalue weighted by atomic mass is 16.5. The summed E-state index contributed by atoms with van der Waals surface area (Å²) in [5.74, 6) is 0.397. The maximum absolute atomic E-state index is 12.1. The number of Topliss-reactive ketones (excluding diaryl/α,β-unsaturated/α-hetero) is 1. The first kappa shape index (κ1) is 12.5. The maximum Gasteiger partial charge on any atom is 0.205 e. The van der Waals surface area contributed by atoms with Crippen LogP contribution >= 0.6 is 0 Å². The average molecular weight is 266 g/mol. The molecule has 1 atom stereocenters. The highest BCUT2D eigenvalue weighted by Gasteiger charge is 2.39. The molecule has 0 saturated carbocycles. The Hall–Kier alpha value is -2.54. The van der Waals surface area contributed by atoms with E-state index in [2.05, 4.69) is 6.07 Å². The lowest BCUT2D eigenvalue weighted by Gasteiger charge is -2.25. The number of hydrogen-bond donors (Lipinski definition) is 1. The van der Waals surface area contributed by atoms with Gasteiger partial charge in [-0.3, -0.25) is 4.79 Å². The van der Waals surface area contributed by atoms with E-state index in [0.717, 1.165) is 11.1 Å². The number of nitriles is 1. The molecule has 0 spiro atoms. The molecule has 1 unspecified atom stereocenters. The van der Waals surface area contributed by atoms with E-state index in [-0.39, 0.29) is 17.6 Å². The van der Waals surface area contributed by atoms with Crippen LogP contribution in [0.2, 0.25) is 0 Å². The molecule has 1 heterocycles. The van der Waals surface area contributed by atoms with Crippen molar-refractivity contribution in [2.45, 2.75) is 25.7 Å². The number of ether oxygens (including phenoxy) is 1. The Morgan fingerprint density at radius 3 is 2.65 bits per heavy atom. The summed E-state index contributed by atoms with van der Waals surface area (Å²) in [5.41, 5.74) is 8.79. The quantitative estimate of drug-likeness (QED) is 0.846. The smallest absolute Gasteiger partial charge is 0.205 e. The van der Waals surface area contributed by atoms with Crippen LogP contribution in [0.3, 0.4) is 0 Å². The first-order chi connectivity index (χ1) is 9.61. The summed E-state index contributed by atoms with van der Waals surface area (Å²) < 4.78 is 5.45. The molecule has 0 bridgehead atoms. The minimum Gasteiger partial charge on any atom is -0.444 e. The Morgan fingerprint density at radius 1 is 1.30 bits per heavy atom. The summed E-state index contributed by atoms with van der Waals surface area (Å²) in [7, 11) is 0. The highest BCUT2D eigenvalue weighted by molar-refractivity contribution is 6.01. The molecule has 3 rings (SSSR count). The number of nitrogens with zero attached hydrogens (tertiary/aromatic N) is 1. The molecule has 20 heavy (non-hydrogen) atoms. The van der Waals surface area contributed by atoms with Crippen molar-refractivity contribution >= 4 is 5.78 Å². The van der Waals surface area contributed by atoms with Crippen LogP contribution in [0.15, 0.2) is 47.1 Å². The number of aryl methyl sites for hydroxylation is 1. The van der Waals surface area contributed by atoms with Crippen molar-refractivity contribution in [3.63, 3.8) is 0 Å². The topological polar surface area (TPSA) is 76.1 Å². The number of rotatable bonds is 1. The van der Waals surface area contributed by atoms with Crippen LogP contribution in [0.4, 0.5) is 0 Å². The summed E-state index contributed by atoms with van der Waals surface area (Å²) in [6, 6.07) is 9.90. The number of hydrogen-bond acceptors (Lipinski definition) is 4. The van der Waals surface area contributed by atoms with Gasteiger partial charge in [0.1, 0.15) is 17.4 Å². The first-order valence-electron chi connectivity index (χ1n) is 6.52. The average Bonchev–Trinajstić information content (AvgIpc) is 2.79. The largest absolute Gasteiger partial charge is 0.444 e. The van der Waals surface area contributed by atoms with Crippen LogP contribution in [0.5, 0.6) is 0 Å². The van der Waals surface area contributed by atoms with Gasteiger partial charge in [-0.1, -0.05) is 29.8 Å². The number of carbonyl (C=O) groups is 1. The van der Waals surface area contributed by atoms with E-state index in [1.807, 2.05) is 31.2 Å². The summed E-state index contributed by atoms with van der Waals surface area (Å²) >= 11 is 0. The van der Waals surface area contributed by atoms with E-state index in [0.29, 0.717) is 29.7 Å². The Labute approximate surface area is 117 Å². The van der Waals surface area contributed by atoms with Crippen molar-refractivity contribution in [2.24, 2.45) is 5.73 Å². The standard InChI is InChI=1S/C16H14N2O2/c1-9-2-4-10(5-3-9)14-11(8-17)16(18)20-13-7-6-12(19)15(13)14/h2-5,14H,6-7,18H2,1H3. The van der Waals surface area contributed by atoms with E-state index in [1.165, 1.54) is 0 Å². The van der Waals surface area contributed by atoms with Crippen LogP contribution in [0, 0.1) is 18.3 Å². The van der Waals surface area contributed by atoms with Crippen molar-refractivity contribution in [1.29, 1.82) is 5.26 Å². The third kappa shape index (κ3) is 1.79.